The van der Waals surface area contributed by atoms with Gasteiger partial charge >= 0.3 is 0 Å². The van der Waals surface area contributed by atoms with Crippen molar-refractivity contribution in [2.24, 2.45) is 5.92 Å². The van der Waals surface area contributed by atoms with Gasteiger partial charge in [0.15, 0.2) is 0 Å². The first-order chi connectivity index (χ1) is 8.52. The van der Waals surface area contributed by atoms with Gasteiger partial charge in [0, 0.05) is 19.5 Å². The molecule has 0 saturated carbocycles. The first kappa shape index (κ1) is 13.7. The lowest BCUT2D eigenvalue weighted by Gasteiger charge is -2.34. The zero-order valence-corrected chi connectivity index (χ0v) is 10.9. The minimum atomic E-state index is -2.72. The van der Waals surface area contributed by atoms with Gasteiger partial charge in [0.05, 0.1) is 12.6 Å². The molecule has 2 saturated heterocycles. The predicted molar refractivity (Wildman–Crippen MR) is 65.6 cm³/mol. The summed E-state index contributed by atoms with van der Waals surface area (Å²) in [6, 6.07) is -0.680. The molecule has 5 heteroatoms. The molecule has 104 valence electrons. The average Bonchev–Trinajstić information content (AvgIpc) is 2.70. The van der Waals surface area contributed by atoms with Crippen LogP contribution in [0.1, 0.15) is 39.0 Å². The predicted octanol–water partition coefficient (Wildman–Crippen LogP) is 2.02. The second-order valence-corrected chi connectivity index (χ2v) is 5.57. The summed E-state index contributed by atoms with van der Waals surface area (Å²) in [6.45, 7) is 3.24. The van der Waals surface area contributed by atoms with Crippen LogP contribution in [0.5, 0.6) is 0 Å². The Hall–Kier alpha value is -0.710. The van der Waals surface area contributed by atoms with Crippen LogP contribution >= 0.6 is 0 Å². The number of rotatable bonds is 3. The molecule has 0 aliphatic carbocycles. The fourth-order valence-corrected chi connectivity index (χ4v) is 3.02. The van der Waals surface area contributed by atoms with Crippen molar-refractivity contribution >= 4 is 5.91 Å². The quantitative estimate of drug-likeness (QED) is 0.842. The van der Waals surface area contributed by atoms with E-state index in [2.05, 4.69) is 12.2 Å². The molecule has 1 N–H and O–H groups in total. The zero-order valence-electron chi connectivity index (χ0n) is 10.9. The Morgan fingerprint density at radius 2 is 2.28 bits per heavy atom. The number of carbonyl (C=O) groups is 1. The van der Waals surface area contributed by atoms with Crippen molar-refractivity contribution < 1.29 is 13.6 Å². The first-order valence-corrected chi connectivity index (χ1v) is 6.92. The van der Waals surface area contributed by atoms with Gasteiger partial charge in [-0.1, -0.05) is 13.3 Å². The molecule has 3 nitrogen and oxygen atoms in total. The van der Waals surface area contributed by atoms with Gasteiger partial charge in [-0.15, -0.1) is 0 Å². The second-order valence-electron chi connectivity index (χ2n) is 5.57. The van der Waals surface area contributed by atoms with Crippen molar-refractivity contribution in [2.45, 2.75) is 51.0 Å². The van der Waals surface area contributed by atoms with E-state index in [9.17, 15) is 13.6 Å². The second kappa shape index (κ2) is 5.51. The van der Waals surface area contributed by atoms with Crippen LogP contribution in [0.15, 0.2) is 0 Å². The van der Waals surface area contributed by atoms with Crippen molar-refractivity contribution in [3.63, 3.8) is 0 Å². The minimum Gasteiger partial charge on any atom is -0.341 e. The number of amides is 1. The van der Waals surface area contributed by atoms with E-state index in [0.717, 1.165) is 38.8 Å². The highest BCUT2D eigenvalue weighted by Crippen LogP contribution is 2.28. The molecule has 18 heavy (non-hydrogen) atoms. The Morgan fingerprint density at radius 3 is 2.89 bits per heavy atom. The monoisotopic (exact) mass is 260 g/mol. The largest absolute Gasteiger partial charge is 0.341 e. The molecule has 2 rings (SSSR count). The molecule has 0 bridgehead atoms. The average molecular weight is 260 g/mol. The van der Waals surface area contributed by atoms with Crippen LogP contribution in [0, 0.1) is 5.92 Å². The molecule has 2 heterocycles. The maximum Gasteiger partial charge on any atom is 0.262 e. The third kappa shape index (κ3) is 3.19. The van der Waals surface area contributed by atoms with Gasteiger partial charge in [-0.05, 0) is 25.2 Å². The fourth-order valence-electron chi connectivity index (χ4n) is 3.02. The third-order valence-corrected chi connectivity index (χ3v) is 3.94. The maximum atomic E-state index is 13.1. The lowest BCUT2D eigenvalue weighted by Crippen LogP contribution is -2.47. The highest BCUT2D eigenvalue weighted by molar-refractivity contribution is 5.82. The van der Waals surface area contributed by atoms with Gasteiger partial charge in [0.2, 0.25) is 5.91 Å². The van der Waals surface area contributed by atoms with E-state index in [1.807, 2.05) is 0 Å². The zero-order chi connectivity index (χ0) is 13.2. The van der Waals surface area contributed by atoms with E-state index >= 15 is 0 Å². The summed E-state index contributed by atoms with van der Waals surface area (Å²) in [5.41, 5.74) is 0. The van der Waals surface area contributed by atoms with Crippen molar-refractivity contribution in [3.8, 4) is 0 Å². The molecule has 1 amide bonds. The van der Waals surface area contributed by atoms with E-state index in [0.29, 0.717) is 5.92 Å². The smallest absolute Gasteiger partial charge is 0.262 e. The summed E-state index contributed by atoms with van der Waals surface area (Å²) in [4.78, 5) is 13.9. The Labute approximate surface area is 107 Å². The van der Waals surface area contributed by atoms with Gasteiger partial charge in [-0.25, -0.2) is 8.78 Å². The lowest BCUT2D eigenvalue weighted by molar-refractivity contribution is -0.135. The lowest BCUT2D eigenvalue weighted by atomic mass is 9.93. The van der Waals surface area contributed by atoms with Gasteiger partial charge in [-0.2, -0.15) is 0 Å². The Balaban J connectivity index is 1.89. The number of likely N-dealkylation sites (tertiary alicyclic amines) is 1. The van der Waals surface area contributed by atoms with Gasteiger partial charge in [-0.3, -0.25) is 10.1 Å². The fraction of sp³-hybridized carbons (Fsp3) is 0.923. The Morgan fingerprint density at radius 1 is 1.50 bits per heavy atom. The molecule has 0 aromatic heterocycles. The molecule has 2 aliphatic rings. The number of piperidine rings is 1. The molecule has 0 aromatic rings. The maximum absolute atomic E-state index is 13.1. The summed E-state index contributed by atoms with van der Waals surface area (Å²) in [7, 11) is 0. The molecule has 2 fully saturated rings. The molecule has 2 unspecified atom stereocenters. The van der Waals surface area contributed by atoms with Crippen LogP contribution in [0.2, 0.25) is 0 Å². The van der Waals surface area contributed by atoms with Gasteiger partial charge in [0.25, 0.3) is 5.92 Å². The van der Waals surface area contributed by atoms with Crippen LogP contribution in [-0.2, 0) is 4.79 Å². The SMILES string of the molecule is CCCC1CCCN(C(=O)C2CC(F)(F)CN2)C1. The number of carbonyl (C=O) groups excluding carboxylic acids is 1. The number of hydrogen-bond donors (Lipinski definition) is 1. The van der Waals surface area contributed by atoms with E-state index in [4.69, 9.17) is 0 Å². The minimum absolute atomic E-state index is 0.132. The highest BCUT2D eigenvalue weighted by Gasteiger charge is 2.43. The van der Waals surface area contributed by atoms with Crippen molar-refractivity contribution in [2.75, 3.05) is 19.6 Å². The number of hydrogen-bond acceptors (Lipinski definition) is 2. The van der Waals surface area contributed by atoms with E-state index in [1.54, 1.807) is 4.90 Å². The van der Waals surface area contributed by atoms with E-state index < -0.39 is 12.0 Å². The Bertz CT molecular complexity index is 307. The number of nitrogens with zero attached hydrogens (tertiary/aromatic N) is 1. The van der Waals surface area contributed by atoms with Crippen LogP contribution in [0.25, 0.3) is 0 Å². The molecule has 2 aliphatic heterocycles. The Kier molecular flexibility index (Phi) is 4.20. The van der Waals surface area contributed by atoms with E-state index in [-0.39, 0.29) is 18.9 Å². The molecular weight excluding hydrogens is 238 g/mol. The number of alkyl halides is 2. The number of nitrogens with one attached hydrogen (secondary N) is 1. The van der Waals surface area contributed by atoms with Crippen molar-refractivity contribution in [1.29, 1.82) is 0 Å². The van der Waals surface area contributed by atoms with Crippen LogP contribution in [0.3, 0.4) is 0 Å². The van der Waals surface area contributed by atoms with Crippen LogP contribution in [0.4, 0.5) is 8.78 Å². The summed E-state index contributed by atoms with van der Waals surface area (Å²) >= 11 is 0. The highest BCUT2D eigenvalue weighted by atomic mass is 19.3. The van der Waals surface area contributed by atoms with Gasteiger partial charge in [0.1, 0.15) is 0 Å². The summed E-state index contributed by atoms with van der Waals surface area (Å²) < 4.78 is 26.2. The van der Waals surface area contributed by atoms with Crippen molar-refractivity contribution in [1.82, 2.24) is 10.2 Å². The summed E-state index contributed by atoms with van der Waals surface area (Å²) in [5, 5.41) is 2.65. The molecule has 0 spiro atoms. The molecule has 0 aromatic carbocycles. The topological polar surface area (TPSA) is 32.3 Å². The van der Waals surface area contributed by atoms with Gasteiger partial charge < -0.3 is 4.90 Å². The third-order valence-electron chi connectivity index (χ3n) is 3.94. The summed E-state index contributed by atoms with van der Waals surface area (Å²) in [6.07, 6.45) is 4.05. The first-order valence-electron chi connectivity index (χ1n) is 6.92. The summed E-state index contributed by atoms with van der Waals surface area (Å²) in [5.74, 6) is -2.30. The van der Waals surface area contributed by atoms with Crippen molar-refractivity contribution in [3.05, 3.63) is 0 Å². The van der Waals surface area contributed by atoms with E-state index in [1.165, 1.54) is 0 Å². The normalized spacial score (nSPS) is 31.6. The standard InChI is InChI=1S/C13H22F2N2O/c1-2-4-10-5-3-6-17(8-10)12(18)11-7-13(14,15)9-16-11/h10-11,16H,2-9H2,1H3. The molecule has 0 radical (unpaired) electrons. The van der Waals surface area contributed by atoms with Crippen LogP contribution < -0.4 is 5.32 Å². The molecule has 2 atom stereocenters. The van der Waals surface area contributed by atoms with Crippen LogP contribution in [-0.4, -0.2) is 42.4 Å². The number of halogens is 2. The molecular formula is C13H22F2N2O.